The number of nitrogens with one attached hydrogen (secondary N) is 1. The Morgan fingerprint density at radius 2 is 1.82 bits per heavy atom. The van der Waals surface area contributed by atoms with E-state index >= 15 is 0 Å². The van der Waals surface area contributed by atoms with Gasteiger partial charge in [0.2, 0.25) is 15.9 Å². The minimum absolute atomic E-state index is 0.0241. The first kappa shape index (κ1) is 24.4. The van der Waals surface area contributed by atoms with E-state index in [1.807, 2.05) is 61.7 Å². The molecule has 0 saturated heterocycles. The Hall–Kier alpha value is -2.69. The van der Waals surface area contributed by atoms with Gasteiger partial charge in [-0.1, -0.05) is 55.9 Å². The third kappa shape index (κ3) is 5.18. The van der Waals surface area contributed by atoms with Crippen LogP contribution in [0.5, 0.6) is 0 Å². The predicted octanol–water partition coefficient (Wildman–Crippen LogP) is 3.72. The number of amides is 1. The molecule has 3 aromatic rings. The van der Waals surface area contributed by atoms with Crippen molar-refractivity contribution in [2.75, 3.05) is 13.1 Å². The van der Waals surface area contributed by atoms with Crippen molar-refractivity contribution in [3.05, 3.63) is 54.6 Å². The normalized spacial score (nSPS) is 14.8. The molecule has 1 atom stereocenters. The lowest BCUT2D eigenvalue weighted by molar-refractivity contribution is -0.120. The van der Waals surface area contributed by atoms with E-state index in [0.717, 1.165) is 18.5 Å². The molecule has 1 unspecified atom stereocenters. The highest BCUT2D eigenvalue weighted by Gasteiger charge is 2.28. The van der Waals surface area contributed by atoms with Crippen molar-refractivity contribution in [1.82, 2.24) is 24.4 Å². The van der Waals surface area contributed by atoms with Crippen LogP contribution >= 0.6 is 11.8 Å². The van der Waals surface area contributed by atoms with Crippen LogP contribution in [0.1, 0.15) is 33.6 Å². The summed E-state index contributed by atoms with van der Waals surface area (Å²) in [7, 11) is -3.62. The largest absolute Gasteiger partial charge is 0.352 e. The third-order valence-corrected chi connectivity index (χ3v) is 8.75. The van der Waals surface area contributed by atoms with Crippen LogP contribution in [0.25, 0.3) is 17.1 Å². The number of nitrogens with zero attached hydrogens (tertiary/aromatic N) is 4. The zero-order valence-corrected chi connectivity index (χ0v) is 21.1. The fourth-order valence-electron chi connectivity index (χ4n) is 3.61. The van der Waals surface area contributed by atoms with Crippen LogP contribution in [0.3, 0.4) is 0 Å². The quantitative estimate of drug-likeness (QED) is 0.427. The molecule has 0 bridgehead atoms. The maximum absolute atomic E-state index is 13.1. The lowest BCUT2D eigenvalue weighted by Gasteiger charge is -2.19. The van der Waals surface area contributed by atoms with E-state index in [1.165, 1.54) is 16.1 Å². The SMILES string of the molecule is CCN(CC)S(=O)(=O)c1cccc(-c2nnc(SC(C)C(=O)NC3CC3)n2-c2ccccc2)c1. The summed E-state index contributed by atoms with van der Waals surface area (Å²) in [6.07, 6.45) is 2.06. The molecule has 0 radical (unpaired) electrons. The van der Waals surface area contributed by atoms with Crippen LogP contribution < -0.4 is 5.32 Å². The monoisotopic (exact) mass is 499 g/mol. The average molecular weight is 500 g/mol. The van der Waals surface area contributed by atoms with Crippen molar-refractivity contribution in [2.45, 2.75) is 55.0 Å². The first-order chi connectivity index (χ1) is 16.3. The standard InChI is InChI=1S/C24H29N5O3S2/c1-4-28(5-2)34(31,32)21-13-9-10-18(16-21)22-26-27-24(29(22)20-11-7-6-8-12-20)33-17(3)23(30)25-19-14-15-19/h6-13,16-17,19H,4-5,14-15H2,1-3H3,(H,25,30). The van der Waals surface area contributed by atoms with Gasteiger partial charge >= 0.3 is 0 Å². The number of rotatable bonds is 10. The van der Waals surface area contributed by atoms with Gasteiger partial charge in [-0.3, -0.25) is 9.36 Å². The number of benzene rings is 2. The number of aromatic nitrogens is 3. The summed E-state index contributed by atoms with van der Waals surface area (Å²) >= 11 is 1.33. The summed E-state index contributed by atoms with van der Waals surface area (Å²) < 4.78 is 29.5. The van der Waals surface area contributed by atoms with Crippen molar-refractivity contribution in [2.24, 2.45) is 0 Å². The van der Waals surface area contributed by atoms with Crippen LogP contribution in [-0.2, 0) is 14.8 Å². The Kier molecular flexibility index (Phi) is 7.39. The van der Waals surface area contributed by atoms with Gasteiger partial charge in [0.15, 0.2) is 11.0 Å². The highest BCUT2D eigenvalue weighted by atomic mass is 32.2. The summed E-state index contributed by atoms with van der Waals surface area (Å²) in [5.41, 5.74) is 1.46. The number of carbonyl (C=O) groups excluding carboxylic acids is 1. The number of thioether (sulfide) groups is 1. The van der Waals surface area contributed by atoms with E-state index in [0.29, 0.717) is 29.6 Å². The Morgan fingerprint density at radius 3 is 2.47 bits per heavy atom. The smallest absolute Gasteiger partial charge is 0.243 e. The second-order valence-corrected chi connectivity index (χ2v) is 11.4. The van der Waals surface area contributed by atoms with Crippen molar-refractivity contribution in [3.8, 4) is 17.1 Å². The molecule has 8 nitrogen and oxygen atoms in total. The van der Waals surface area contributed by atoms with Crippen molar-refractivity contribution < 1.29 is 13.2 Å². The molecule has 1 amide bonds. The lowest BCUT2D eigenvalue weighted by Crippen LogP contribution is -2.32. The Labute approximate surface area is 204 Å². The molecule has 34 heavy (non-hydrogen) atoms. The Morgan fingerprint density at radius 1 is 1.12 bits per heavy atom. The number of hydrogen-bond acceptors (Lipinski definition) is 6. The summed E-state index contributed by atoms with van der Waals surface area (Å²) in [6.45, 7) is 6.28. The minimum atomic E-state index is -3.62. The number of para-hydroxylation sites is 1. The molecule has 1 heterocycles. The van der Waals surface area contributed by atoms with Gasteiger partial charge in [0, 0.05) is 30.4 Å². The zero-order valence-electron chi connectivity index (χ0n) is 19.5. The fourth-order valence-corrected chi connectivity index (χ4v) is 5.99. The molecule has 2 aromatic carbocycles. The van der Waals surface area contributed by atoms with Crippen LogP contribution in [0.4, 0.5) is 0 Å². The second kappa shape index (κ2) is 10.3. The molecular weight excluding hydrogens is 470 g/mol. The van der Waals surface area contributed by atoms with Crippen molar-refractivity contribution >= 4 is 27.7 Å². The zero-order chi connectivity index (χ0) is 24.3. The molecular formula is C24H29N5O3S2. The van der Waals surface area contributed by atoms with Crippen LogP contribution in [-0.4, -0.2) is 57.8 Å². The lowest BCUT2D eigenvalue weighted by atomic mass is 10.2. The Bertz CT molecular complexity index is 1250. The maximum Gasteiger partial charge on any atom is 0.243 e. The molecule has 180 valence electrons. The van der Waals surface area contributed by atoms with Gasteiger partial charge in [0.1, 0.15) is 0 Å². The first-order valence-electron chi connectivity index (χ1n) is 11.4. The molecule has 1 N–H and O–H groups in total. The highest BCUT2D eigenvalue weighted by molar-refractivity contribution is 8.00. The third-order valence-electron chi connectivity index (χ3n) is 5.66. The number of carbonyl (C=O) groups is 1. The van der Waals surface area contributed by atoms with Gasteiger partial charge in [-0.15, -0.1) is 10.2 Å². The fraction of sp³-hybridized carbons (Fsp3) is 0.375. The van der Waals surface area contributed by atoms with Gasteiger partial charge in [-0.25, -0.2) is 8.42 Å². The Balaban J connectivity index is 1.73. The molecule has 1 aliphatic rings. The van der Waals surface area contributed by atoms with E-state index in [4.69, 9.17) is 0 Å². The minimum Gasteiger partial charge on any atom is -0.352 e. The summed E-state index contributed by atoms with van der Waals surface area (Å²) in [5, 5.41) is 12.0. The van der Waals surface area contributed by atoms with E-state index in [2.05, 4.69) is 15.5 Å². The van der Waals surface area contributed by atoms with Gasteiger partial charge in [0.05, 0.1) is 10.1 Å². The maximum atomic E-state index is 13.1. The number of hydrogen-bond donors (Lipinski definition) is 1. The van der Waals surface area contributed by atoms with Gasteiger partial charge in [-0.2, -0.15) is 4.31 Å². The van der Waals surface area contributed by atoms with E-state index < -0.39 is 10.0 Å². The van der Waals surface area contributed by atoms with Gasteiger partial charge in [-0.05, 0) is 44.0 Å². The molecule has 0 spiro atoms. The molecule has 4 rings (SSSR count). The molecule has 1 fully saturated rings. The second-order valence-electron chi connectivity index (χ2n) is 8.14. The molecule has 0 aliphatic heterocycles. The predicted molar refractivity (Wildman–Crippen MR) is 133 cm³/mol. The van der Waals surface area contributed by atoms with Gasteiger partial charge in [0.25, 0.3) is 0 Å². The summed E-state index contributed by atoms with van der Waals surface area (Å²) in [6, 6.07) is 16.7. The van der Waals surface area contributed by atoms with Crippen LogP contribution in [0.15, 0.2) is 64.6 Å². The van der Waals surface area contributed by atoms with Crippen LogP contribution in [0, 0.1) is 0 Å². The van der Waals surface area contributed by atoms with Gasteiger partial charge < -0.3 is 5.32 Å². The average Bonchev–Trinajstić information content (AvgIpc) is 3.56. The number of sulfonamides is 1. The first-order valence-corrected chi connectivity index (χ1v) is 13.8. The van der Waals surface area contributed by atoms with Crippen LogP contribution in [0.2, 0.25) is 0 Å². The molecule has 1 saturated carbocycles. The highest BCUT2D eigenvalue weighted by Crippen LogP contribution is 2.32. The molecule has 1 aliphatic carbocycles. The summed E-state index contributed by atoms with van der Waals surface area (Å²) in [5.74, 6) is 0.490. The molecule has 10 heteroatoms. The van der Waals surface area contributed by atoms with Crippen molar-refractivity contribution in [1.29, 1.82) is 0 Å². The summed E-state index contributed by atoms with van der Waals surface area (Å²) in [4.78, 5) is 12.7. The van der Waals surface area contributed by atoms with E-state index in [1.54, 1.807) is 18.2 Å². The van der Waals surface area contributed by atoms with E-state index in [-0.39, 0.29) is 22.1 Å². The van der Waals surface area contributed by atoms with Crippen molar-refractivity contribution in [3.63, 3.8) is 0 Å². The topological polar surface area (TPSA) is 97.2 Å². The molecule has 1 aromatic heterocycles. The van der Waals surface area contributed by atoms with E-state index in [9.17, 15) is 13.2 Å².